The first-order valence-electron chi connectivity index (χ1n) is 2.86. The third-order valence-electron chi connectivity index (χ3n) is 1.22. The molecule has 0 bridgehead atoms. The van der Waals surface area contributed by atoms with Crippen LogP contribution in [0.2, 0.25) is 10.0 Å². The van der Waals surface area contributed by atoms with Gasteiger partial charge in [-0.15, -0.1) is 24.8 Å². The molecule has 0 saturated carbocycles. The van der Waals surface area contributed by atoms with E-state index in [-0.39, 0.29) is 35.4 Å². The highest BCUT2D eigenvalue weighted by Crippen LogP contribution is 2.24. The van der Waals surface area contributed by atoms with Crippen molar-refractivity contribution < 1.29 is 4.79 Å². The molecular formula is C7H7Cl4NO. The number of carbonyl (C=O) groups is 1. The molecule has 6 heteroatoms. The van der Waals surface area contributed by atoms with Crippen LogP contribution in [0.5, 0.6) is 0 Å². The molecule has 1 aromatic rings. The second-order valence-corrected chi connectivity index (χ2v) is 2.75. The molecule has 2 N–H and O–H groups in total. The van der Waals surface area contributed by atoms with Crippen LogP contribution in [-0.2, 0) is 0 Å². The van der Waals surface area contributed by atoms with Gasteiger partial charge in [-0.05, 0) is 12.1 Å². The Hall–Kier alpha value is -0.150. The molecule has 0 heterocycles. The van der Waals surface area contributed by atoms with Gasteiger partial charge in [-0.2, -0.15) is 0 Å². The number of carbonyl (C=O) groups excluding carboxylic acids is 1. The van der Waals surface area contributed by atoms with Gasteiger partial charge in [0, 0.05) is 0 Å². The minimum Gasteiger partial charge on any atom is -0.366 e. The van der Waals surface area contributed by atoms with Gasteiger partial charge in [0.2, 0.25) is 5.91 Å². The molecule has 0 aliphatic rings. The zero-order valence-electron chi connectivity index (χ0n) is 6.29. The molecule has 1 amide bonds. The minimum atomic E-state index is -0.572. The van der Waals surface area contributed by atoms with E-state index in [9.17, 15) is 4.79 Å². The Bertz CT molecular complexity index is 303. The molecule has 1 aromatic carbocycles. The summed E-state index contributed by atoms with van der Waals surface area (Å²) in [4.78, 5) is 10.7. The zero-order valence-corrected chi connectivity index (χ0v) is 9.43. The number of nitrogens with two attached hydrogens (primary N) is 1. The molecule has 0 radical (unpaired) electrons. The molecule has 0 aliphatic carbocycles. The molecule has 0 aromatic heterocycles. The number of hydrogen-bond acceptors (Lipinski definition) is 1. The average molecular weight is 263 g/mol. The maximum atomic E-state index is 10.7. The third-order valence-corrected chi connectivity index (χ3v) is 2.04. The predicted molar refractivity (Wildman–Crippen MR) is 59.5 cm³/mol. The molecule has 0 fully saturated rings. The van der Waals surface area contributed by atoms with Crippen molar-refractivity contribution in [3.8, 4) is 0 Å². The van der Waals surface area contributed by atoms with E-state index in [1.165, 1.54) is 6.07 Å². The van der Waals surface area contributed by atoms with Crippen molar-refractivity contribution in [2.75, 3.05) is 0 Å². The number of amides is 1. The fraction of sp³-hybridized carbons (Fsp3) is 0. The number of hydrogen-bond donors (Lipinski definition) is 1. The first-order valence-corrected chi connectivity index (χ1v) is 3.62. The first kappa shape index (κ1) is 15.3. The summed E-state index contributed by atoms with van der Waals surface area (Å²) in [6.07, 6.45) is 0. The zero-order chi connectivity index (χ0) is 8.43. The quantitative estimate of drug-likeness (QED) is 0.831. The lowest BCUT2D eigenvalue weighted by molar-refractivity contribution is 0.100. The molecule has 13 heavy (non-hydrogen) atoms. The second-order valence-electron chi connectivity index (χ2n) is 1.97. The monoisotopic (exact) mass is 261 g/mol. The van der Waals surface area contributed by atoms with E-state index in [2.05, 4.69) is 0 Å². The van der Waals surface area contributed by atoms with Crippen LogP contribution in [0.15, 0.2) is 18.2 Å². The van der Waals surface area contributed by atoms with Crippen molar-refractivity contribution >= 4 is 53.9 Å². The van der Waals surface area contributed by atoms with Crippen LogP contribution in [-0.4, -0.2) is 5.91 Å². The van der Waals surface area contributed by atoms with Crippen molar-refractivity contribution in [3.05, 3.63) is 33.8 Å². The summed E-state index contributed by atoms with van der Waals surface area (Å²) >= 11 is 11.3. The van der Waals surface area contributed by atoms with Crippen molar-refractivity contribution in [3.63, 3.8) is 0 Å². The van der Waals surface area contributed by atoms with Crippen LogP contribution in [0.4, 0.5) is 0 Å². The van der Waals surface area contributed by atoms with E-state index in [0.29, 0.717) is 5.02 Å². The Balaban J connectivity index is 0. The summed E-state index contributed by atoms with van der Waals surface area (Å²) in [6, 6.07) is 4.74. The summed E-state index contributed by atoms with van der Waals surface area (Å²) in [5.74, 6) is -0.572. The van der Waals surface area contributed by atoms with E-state index in [1.54, 1.807) is 12.1 Å². The lowest BCUT2D eigenvalue weighted by Crippen LogP contribution is -2.11. The van der Waals surface area contributed by atoms with E-state index >= 15 is 0 Å². The van der Waals surface area contributed by atoms with Crippen LogP contribution in [0.3, 0.4) is 0 Å². The lowest BCUT2D eigenvalue weighted by atomic mass is 10.2. The van der Waals surface area contributed by atoms with Crippen LogP contribution in [0.25, 0.3) is 0 Å². The van der Waals surface area contributed by atoms with Crippen LogP contribution in [0, 0.1) is 0 Å². The molecule has 2 nitrogen and oxygen atoms in total. The summed E-state index contributed by atoms with van der Waals surface area (Å²) < 4.78 is 0. The fourth-order valence-corrected chi connectivity index (χ4v) is 1.09. The van der Waals surface area contributed by atoms with Gasteiger partial charge in [0.05, 0.1) is 15.6 Å². The summed E-state index contributed by atoms with van der Waals surface area (Å²) in [5.41, 5.74) is 5.25. The third kappa shape index (κ3) is 3.61. The summed E-state index contributed by atoms with van der Waals surface area (Å²) in [5, 5.41) is 0.546. The molecule has 0 unspecified atom stereocenters. The van der Waals surface area contributed by atoms with Gasteiger partial charge >= 0.3 is 0 Å². The van der Waals surface area contributed by atoms with Crippen molar-refractivity contribution in [2.45, 2.75) is 0 Å². The van der Waals surface area contributed by atoms with E-state index < -0.39 is 5.91 Å². The van der Waals surface area contributed by atoms with Gasteiger partial charge in [0.1, 0.15) is 0 Å². The maximum Gasteiger partial charge on any atom is 0.250 e. The number of halogens is 4. The molecular weight excluding hydrogens is 256 g/mol. The molecule has 0 spiro atoms. The maximum absolute atomic E-state index is 10.7. The minimum absolute atomic E-state index is 0. The van der Waals surface area contributed by atoms with Gasteiger partial charge in [-0.3, -0.25) is 4.79 Å². The summed E-state index contributed by atoms with van der Waals surface area (Å²) in [7, 11) is 0. The van der Waals surface area contributed by atoms with E-state index in [1.807, 2.05) is 0 Å². The van der Waals surface area contributed by atoms with Crippen LogP contribution in [0.1, 0.15) is 10.4 Å². The van der Waals surface area contributed by atoms with Gasteiger partial charge in [0.15, 0.2) is 0 Å². The molecule has 0 aliphatic heterocycles. The van der Waals surface area contributed by atoms with Gasteiger partial charge < -0.3 is 5.73 Å². The molecule has 1 rings (SSSR count). The number of benzene rings is 1. The predicted octanol–water partition coefficient (Wildman–Crippen LogP) is 2.94. The highest BCUT2D eigenvalue weighted by Gasteiger charge is 2.07. The second kappa shape index (κ2) is 6.33. The highest BCUT2D eigenvalue weighted by atomic mass is 35.5. The Morgan fingerprint density at radius 1 is 1.23 bits per heavy atom. The van der Waals surface area contributed by atoms with Crippen molar-refractivity contribution in [1.82, 2.24) is 0 Å². The average Bonchev–Trinajstić information content (AvgIpc) is 1.94. The normalized spacial score (nSPS) is 8.15. The lowest BCUT2D eigenvalue weighted by Gasteiger charge is -1.99. The smallest absolute Gasteiger partial charge is 0.250 e. The van der Waals surface area contributed by atoms with E-state index in [0.717, 1.165) is 0 Å². The van der Waals surface area contributed by atoms with Gasteiger partial charge in [-0.1, -0.05) is 29.3 Å². The highest BCUT2D eigenvalue weighted by molar-refractivity contribution is 6.43. The first-order chi connectivity index (χ1) is 5.13. The number of primary amides is 1. The van der Waals surface area contributed by atoms with Gasteiger partial charge in [-0.25, -0.2) is 0 Å². The van der Waals surface area contributed by atoms with Crippen molar-refractivity contribution in [1.29, 1.82) is 0 Å². The Kier molecular flexibility index (Phi) is 7.46. The molecule has 0 atom stereocenters. The topological polar surface area (TPSA) is 43.1 Å². The van der Waals surface area contributed by atoms with Gasteiger partial charge in [0.25, 0.3) is 0 Å². The molecule has 0 saturated heterocycles. The van der Waals surface area contributed by atoms with Crippen molar-refractivity contribution in [2.24, 2.45) is 5.73 Å². The SMILES string of the molecule is Cl.Cl.NC(=O)c1cccc(Cl)c1Cl. The standard InChI is InChI=1S/C7H5Cl2NO.2ClH/c8-5-3-1-2-4(6(5)9)7(10)11;;/h1-3H,(H2,10,11);2*1H. The molecule has 74 valence electrons. The van der Waals surface area contributed by atoms with Crippen LogP contribution < -0.4 is 5.73 Å². The largest absolute Gasteiger partial charge is 0.366 e. The Morgan fingerprint density at radius 2 is 1.77 bits per heavy atom. The Labute approximate surface area is 98.2 Å². The number of rotatable bonds is 1. The van der Waals surface area contributed by atoms with E-state index in [4.69, 9.17) is 28.9 Å². The van der Waals surface area contributed by atoms with Crippen LogP contribution >= 0.6 is 48.0 Å². The summed E-state index contributed by atoms with van der Waals surface area (Å²) in [6.45, 7) is 0. The fourth-order valence-electron chi connectivity index (χ4n) is 0.694. The Morgan fingerprint density at radius 3 is 2.15 bits per heavy atom.